The molecule has 1 atom stereocenters. The van der Waals surface area contributed by atoms with Crippen LogP contribution in [0.25, 0.3) is 0 Å². The van der Waals surface area contributed by atoms with Gasteiger partial charge in [-0.15, -0.1) is 0 Å². The summed E-state index contributed by atoms with van der Waals surface area (Å²) in [5.41, 5.74) is -0.143. The van der Waals surface area contributed by atoms with Gasteiger partial charge in [0.25, 0.3) is 5.56 Å². The van der Waals surface area contributed by atoms with E-state index in [1.54, 1.807) is 13.8 Å². The van der Waals surface area contributed by atoms with Gasteiger partial charge in [0.2, 0.25) is 0 Å². The first kappa shape index (κ1) is 16.5. The maximum Gasteiger partial charge on any atom is 0.328 e. The Labute approximate surface area is 121 Å². The Kier molecular flexibility index (Phi) is 6.47. The molecule has 0 aromatic carbocycles. The first-order valence-electron chi connectivity index (χ1n) is 6.19. The largest absolute Gasteiger partial charge is 0.464 e. The lowest BCUT2D eigenvalue weighted by atomic mass is 10.3. The lowest BCUT2D eigenvalue weighted by molar-refractivity contribution is -0.143. The van der Waals surface area contributed by atoms with Crippen LogP contribution in [0.15, 0.2) is 11.0 Å². The van der Waals surface area contributed by atoms with Gasteiger partial charge in [0.15, 0.2) is 0 Å². The van der Waals surface area contributed by atoms with Crippen LogP contribution < -0.4 is 10.9 Å². The van der Waals surface area contributed by atoms with Crippen molar-refractivity contribution in [3.63, 3.8) is 0 Å². The number of nitrogens with one attached hydrogen (secondary N) is 1. The van der Waals surface area contributed by atoms with Crippen LogP contribution in [0, 0.1) is 0 Å². The molecule has 0 saturated carbocycles. The number of esters is 1. The molecule has 20 heavy (non-hydrogen) atoms. The zero-order valence-electron chi connectivity index (χ0n) is 11.7. The van der Waals surface area contributed by atoms with Crippen molar-refractivity contribution >= 4 is 23.3 Å². The van der Waals surface area contributed by atoms with Crippen LogP contribution in [0.2, 0.25) is 5.02 Å². The highest BCUT2D eigenvalue weighted by atomic mass is 35.5. The number of halogens is 1. The number of carbonyl (C=O) groups excluding carboxylic acids is 1. The Balaban J connectivity index is 2.85. The molecule has 0 aliphatic heterocycles. The van der Waals surface area contributed by atoms with E-state index in [0.29, 0.717) is 18.8 Å². The van der Waals surface area contributed by atoms with Crippen LogP contribution in [-0.2, 0) is 20.8 Å². The topological polar surface area (TPSA) is 82.4 Å². The number of hydrogen-bond acceptors (Lipinski definition) is 6. The van der Waals surface area contributed by atoms with E-state index in [1.165, 1.54) is 18.0 Å². The van der Waals surface area contributed by atoms with Crippen molar-refractivity contribution in [3.05, 3.63) is 21.6 Å². The summed E-state index contributed by atoms with van der Waals surface area (Å²) < 4.78 is 10.9. The number of rotatable bonds is 7. The van der Waals surface area contributed by atoms with Gasteiger partial charge in [-0.05, 0) is 13.8 Å². The Morgan fingerprint density at radius 1 is 1.60 bits per heavy atom. The molecule has 0 radical (unpaired) electrons. The van der Waals surface area contributed by atoms with Gasteiger partial charge < -0.3 is 14.8 Å². The average Bonchev–Trinajstić information content (AvgIpc) is 2.43. The van der Waals surface area contributed by atoms with E-state index in [2.05, 4.69) is 10.4 Å². The molecule has 0 amide bonds. The van der Waals surface area contributed by atoms with Gasteiger partial charge in [-0.25, -0.2) is 9.48 Å². The molecule has 8 heteroatoms. The normalized spacial score (nSPS) is 12.0. The molecule has 7 nitrogen and oxygen atoms in total. The average molecular weight is 304 g/mol. The number of anilines is 1. The molecule has 0 aliphatic carbocycles. The van der Waals surface area contributed by atoms with E-state index in [1.807, 2.05) is 0 Å². The third-order valence-electron chi connectivity index (χ3n) is 2.50. The molecule has 1 rings (SSSR count). The van der Waals surface area contributed by atoms with E-state index in [9.17, 15) is 9.59 Å². The summed E-state index contributed by atoms with van der Waals surface area (Å²) in [6.45, 7) is 4.29. The molecule has 0 aliphatic rings. The second-order valence-electron chi connectivity index (χ2n) is 4.01. The Hall–Kier alpha value is -1.60. The number of methoxy groups -OCH3 is 1. The standard InChI is InChI=1S/C12H18ClN3O4/c1-4-20-12(18)8(2)15-9-7-14-16(5-6-19-3)11(17)10(9)13/h7-8,15H,4-6H2,1-3H3. The van der Waals surface area contributed by atoms with E-state index < -0.39 is 17.6 Å². The van der Waals surface area contributed by atoms with Crippen molar-refractivity contribution in [1.82, 2.24) is 9.78 Å². The summed E-state index contributed by atoms with van der Waals surface area (Å²) in [5.74, 6) is -0.424. The molecule has 1 heterocycles. The van der Waals surface area contributed by atoms with Crippen LogP contribution in [0.1, 0.15) is 13.8 Å². The molecule has 0 saturated heterocycles. The molecule has 112 valence electrons. The smallest absolute Gasteiger partial charge is 0.328 e. The van der Waals surface area contributed by atoms with Gasteiger partial charge in [-0.2, -0.15) is 5.10 Å². The van der Waals surface area contributed by atoms with Crippen molar-refractivity contribution in [1.29, 1.82) is 0 Å². The molecular weight excluding hydrogens is 286 g/mol. The van der Waals surface area contributed by atoms with Gasteiger partial charge in [0, 0.05) is 7.11 Å². The number of aromatic nitrogens is 2. The van der Waals surface area contributed by atoms with Crippen molar-refractivity contribution in [2.75, 3.05) is 25.6 Å². The number of carbonyl (C=O) groups is 1. The predicted molar refractivity (Wildman–Crippen MR) is 75.1 cm³/mol. The maximum atomic E-state index is 11.9. The first-order chi connectivity index (χ1) is 9.51. The third kappa shape index (κ3) is 4.21. The van der Waals surface area contributed by atoms with E-state index in [-0.39, 0.29) is 11.6 Å². The monoisotopic (exact) mass is 303 g/mol. The molecular formula is C12H18ClN3O4. The minimum atomic E-state index is -0.622. The van der Waals surface area contributed by atoms with Crippen molar-refractivity contribution < 1.29 is 14.3 Å². The summed E-state index contributed by atoms with van der Waals surface area (Å²) in [6.07, 6.45) is 1.40. The molecule has 1 unspecified atom stereocenters. The van der Waals surface area contributed by atoms with Crippen LogP contribution in [0.4, 0.5) is 5.69 Å². The lowest BCUT2D eigenvalue weighted by Gasteiger charge is -2.15. The molecule has 1 aromatic rings. The second kappa shape index (κ2) is 7.86. The van der Waals surface area contributed by atoms with E-state index in [0.717, 1.165) is 0 Å². The van der Waals surface area contributed by atoms with E-state index >= 15 is 0 Å². The summed E-state index contributed by atoms with van der Waals surface area (Å²) in [5, 5.41) is 6.74. The molecule has 1 aromatic heterocycles. The van der Waals surface area contributed by atoms with Crippen molar-refractivity contribution in [2.45, 2.75) is 26.4 Å². The highest BCUT2D eigenvalue weighted by Crippen LogP contribution is 2.16. The Bertz CT molecular complexity index is 518. The van der Waals surface area contributed by atoms with Crippen LogP contribution in [0.3, 0.4) is 0 Å². The molecule has 0 fully saturated rings. The summed E-state index contributed by atoms with van der Waals surface area (Å²) in [7, 11) is 1.53. The molecule has 1 N–H and O–H groups in total. The Morgan fingerprint density at radius 3 is 2.90 bits per heavy atom. The Morgan fingerprint density at radius 2 is 2.30 bits per heavy atom. The van der Waals surface area contributed by atoms with Gasteiger partial charge in [-0.1, -0.05) is 11.6 Å². The van der Waals surface area contributed by atoms with Gasteiger partial charge in [-0.3, -0.25) is 4.79 Å². The van der Waals surface area contributed by atoms with E-state index in [4.69, 9.17) is 21.1 Å². The lowest BCUT2D eigenvalue weighted by Crippen LogP contribution is -2.31. The van der Waals surface area contributed by atoms with Crippen LogP contribution in [-0.4, -0.2) is 42.1 Å². The molecule has 0 bridgehead atoms. The summed E-state index contributed by atoms with van der Waals surface area (Å²) in [6, 6.07) is -0.622. The van der Waals surface area contributed by atoms with Crippen LogP contribution >= 0.6 is 11.6 Å². The zero-order valence-corrected chi connectivity index (χ0v) is 12.4. The second-order valence-corrected chi connectivity index (χ2v) is 4.39. The zero-order chi connectivity index (χ0) is 15.1. The van der Waals surface area contributed by atoms with Gasteiger partial charge >= 0.3 is 5.97 Å². The number of nitrogens with zero attached hydrogens (tertiary/aromatic N) is 2. The van der Waals surface area contributed by atoms with Crippen molar-refractivity contribution in [2.24, 2.45) is 0 Å². The van der Waals surface area contributed by atoms with Crippen LogP contribution in [0.5, 0.6) is 0 Å². The number of hydrogen-bond donors (Lipinski definition) is 1. The highest BCUT2D eigenvalue weighted by molar-refractivity contribution is 6.33. The minimum absolute atomic E-state index is 0.0211. The SMILES string of the molecule is CCOC(=O)C(C)Nc1cnn(CCOC)c(=O)c1Cl. The molecule has 0 spiro atoms. The first-order valence-corrected chi connectivity index (χ1v) is 6.56. The fraction of sp³-hybridized carbons (Fsp3) is 0.583. The van der Waals surface area contributed by atoms with Gasteiger partial charge in [0.1, 0.15) is 11.1 Å². The fourth-order valence-corrected chi connectivity index (χ4v) is 1.66. The third-order valence-corrected chi connectivity index (χ3v) is 2.87. The van der Waals surface area contributed by atoms with Crippen molar-refractivity contribution in [3.8, 4) is 0 Å². The summed E-state index contributed by atoms with van der Waals surface area (Å²) >= 11 is 5.97. The highest BCUT2D eigenvalue weighted by Gasteiger charge is 2.17. The quantitative estimate of drug-likeness (QED) is 0.754. The summed E-state index contributed by atoms with van der Waals surface area (Å²) in [4.78, 5) is 23.4. The minimum Gasteiger partial charge on any atom is -0.464 e. The fourth-order valence-electron chi connectivity index (χ4n) is 1.46. The van der Waals surface area contributed by atoms with Gasteiger partial charge in [0.05, 0.1) is 31.6 Å². The maximum absolute atomic E-state index is 11.9. The predicted octanol–water partition coefficient (Wildman–Crippen LogP) is 0.907. The number of ether oxygens (including phenoxy) is 2.